The Labute approximate surface area is 164 Å². The predicted molar refractivity (Wildman–Crippen MR) is 110 cm³/mol. The van der Waals surface area contributed by atoms with Gasteiger partial charge < -0.3 is 15.2 Å². The Kier molecular flexibility index (Phi) is 4.55. The monoisotopic (exact) mass is 379 g/mol. The zero-order valence-corrected chi connectivity index (χ0v) is 16.3. The van der Waals surface area contributed by atoms with Crippen LogP contribution in [0.25, 0.3) is 22.0 Å². The van der Waals surface area contributed by atoms with E-state index < -0.39 is 0 Å². The first-order valence-electron chi connectivity index (χ1n) is 9.12. The zero-order valence-electron chi connectivity index (χ0n) is 15.5. The quantitative estimate of drug-likeness (QED) is 0.717. The van der Waals surface area contributed by atoms with Gasteiger partial charge in [0, 0.05) is 40.5 Å². The van der Waals surface area contributed by atoms with E-state index in [1.165, 1.54) is 0 Å². The lowest BCUT2D eigenvalue weighted by Crippen LogP contribution is -2.31. The number of nitrogen functional groups attached to an aromatic ring is 1. The largest absolute Gasteiger partial charge is 0.396 e. The number of piperidine rings is 1. The highest BCUT2D eigenvalue weighted by Gasteiger charge is 2.23. The summed E-state index contributed by atoms with van der Waals surface area (Å²) >= 11 is 6.50. The van der Waals surface area contributed by atoms with Crippen molar-refractivity contribution >= 4 is 28.2 Å². The molecule has 6 heteroatoms. The van der Waals surface area contributed by atoms with Crippen LogP contribution in [0.2, 0.25) is 5.02 Å². The van der Waals surface area contributed by atoms with Crippen molar-refractivity contribution in [1.29, 1.82) is 5.26 Å². The van der Waals surface area contributed by atoms with Gasteiger partial charge in [0.05, 0.1) is 28.5 Å². The summed E-state index contributed by atoms with van der Waals surface area (Å²) in [5.41, 5.74) is 11.0. The minimum Gasteiger partial charge on any atom is -0.396 e. The summed E-state index contributed by atoms with van der Waals surface area (Å²) in [6.07, 6.45) is 7.66. The van der Waals surface area contributed by atoms with Crippen LogP contribution in [0, 0.1) is 18.3 Å². The third kappa shape index (κ3) is 3.05. The molecule has 1 aliphatic rings. The topological polar surface area (TPSA) is 70.9 Å². The predicted octanol–water partition coefficient (Wildman–Crippen LogP) is 4.39. The van der Waals surface area contributed by atoms with Gasteiger partial charge in [-0.25, -0.2) is 0 Å². The van der Waals surface area contributed by atoms with E-state index in [1.54, 1.807) is 12.4 Å². The Morgan fingerprint density at radius 2 is 1.96 bits per heavy atom. The molecule has 138 valence electrons. The van der Waals surface area contributed by atoms with Gasteiger partial charge in [0.1, 0.15) is 0 Å². The number of fused-ring (bicyclic) bond motifs is 1. The highest BCUT2D eigenvalue weighted by molar-refractivity contribution is 6.36. The van der Waals surface area contributed by atoms with E-state index >= 15 is 0 Å². The molecule has 0 aliphatic carbocycles. The second kappa shape index (κ2) is 6.88. The summed E-state index contributed by atoms with van der Waals surface area (Å²) in [4.78, 5) is 6.59. The molecule has 0 spiro atoms. The van der Waals surface area contributed by atoms with Crippen molar-refractivity contribution in [2.24, 2.45) is 0 Å². The average Bonchev–Trinajstić information content (AvgIpc) is 3.02. The minimum absolute atomic E-state index is 0.428. The van der Waals surface area contributed by atoms with Gasteiger partial charge in [-0.15, -0.1) is 0 Å². The van der Waals surface area contributed by atoms with Gasteiger partial charge in [-0.3, -0.25) is 4.98 Å². The Morgan fingerprint density at radius 3 is 2.67 bits per heavy atom. The number of pyridine rings is 1. The number of aryl methyl sites for hydroxylation is 1. The van der Waals surface area contributed by atoms with Crippen molar-refractivity contribution in [1.82, 2.24) is 14.5 Å². The molecule has 2 N–H and O–H groups in total. The van der Waals surface area contributed by atoms with Crippen molar-refractivity contribution in [2.45, 2.75) is 25.8 Å². The Balaban J connectivity index is 1.96. The van der Waals surface area contributed by atoms with E-state index in [2.05, 4.69) is 39.8 Å². The van der Waals surface area contributed by atoms with Crippen LogP contribution in [0.1, 0.15) is 30.0 Å². The standard InChI is InChI=1S/C21H22ClN5/c1-13-7-20-16(8-14(13)9-23)18(17-10-25-11-19(24)21(17)22)12-27(20)15-3-5-26(2)6-4-15/h7-8,10-12,15H,3-6,24H2,1-2H3. The molecule has 1 aromatic carbocycles. The lowest BCUT2D eigenvalue weighted by molar-refractivity contribution is 0.224. The maximum absolute atomic E-state index is 9.50. The van der Waals surface area contributed by atoms with E-state index in [-0.39, 0.29) is 0 Å². The molecule has 1 saturated heterocycles. The van der Waals surface area contributed by atoms with Gasteiger partial charge in [-0.05, 0) is 57.6 Å². The lowest BCUT2D eigenvalue weighted by atomic mass is 10.0. The van der Waals surface area contributed by atoms with Gasteiger partial charge in [0.25, 0.3) is 0 Å². The normalized spacial score (nSPS) is 15.9. The van der Waals surface area contributed by atoms with E-state index in [0.717, 1.165) is 53.5 Å². The molecule has 27 heavy (non-hydrogen) atoms. The summed E-state index contributed by atoms with van der Waals surface area (Å²) in [7, 11) is 2.16. The number of anilines is 1. The third-order valence-electron chi connectivity index (χ3n) is 5.58. The van der Waals surface area contributed by atoms with Gasteiger partial charge >= 0.3 is 0 Å². The minimum atomic E-state index is 0.428. The third-order valence-corrected chi connectivity index (χ3v) is 6.00. The number of nitriles is 1. The van der Waals surface area contributed by atoms with Crippen LogP contribution < -0.4 is 5.73 Å². The maximum Gasteiger partial charge on any atom is 0.0994 e. The highest BCUT2D eigenvalue weighted by Crippen LogP contribution is 2.40. The molecule has 0 atom stereocenters. The number of nitrogens with two attached hydrogens (primary N) is 1. The van der Waals surface area contributed by atoms with Crippen LogP contribution in [0.3, 0.4) is 0 Å². The molecule has 3 heterocycles. The second-order valence-corrected chi connectivity index (χ2v) is 7.75. The fourth-order valence-corrected chi connectivity index (χ4v) is 4.16. The van der Waals surface area contributed by atoms with Crippen molar-refractivity contribution in [3.8, 4) is 17.2 Å². The molecule has 0 radical (unpaired) electrons. The summed E-state index contributed by atoms with van der Waals surface area (Å²) in [5, 5.41) is 11.0. The van der Waals surface area contributed by atoms with Crippen LogP contribution in [0.15, 0.2) is 30.7 Å². The molecule has 0 unspecified atom stereocenters. The van der Waals surface area contributed by atoms with Crippen LogP contribution in [0.4, 0.5) is 5.69 Å². The smallest absolute Gasteiger partial charge is 0.0994 e. The number of benzene rings is 1. The molecular formula is C21H22ClN5. The first-order valence-corrected chi connectivity index (χ1v) is 9.50. The first kappa shape index (κ1) is 17.8. The number of likely N-dealkylation sites (tertiary alicyclic amines) is 1. The number of aromatic nitrogens is 2. The Morgan fingerprint density at radius 1 is 1.22 bits per heavy atom. The molecule has 1 aliphatic heterocycles. The van der Waals surface area contributed by atoms with Crippen molar-refractivity contribution in [3.05, 3.63) is 46.9 Å². The fraction of sp³-hybridized carbons (Fsp3) is 0.333. The zero-order chi connectivity index (χ0) is 19.1. The van der Waals surface area contributed by atoms with E-state index in [4.69, 9.17) is 17.3 Å². The van der Waals surface area contributed by atoms with Crippen molar-refractivity contribution < 1.29 is 0 Å². The van der Waals surface area contributed by atoms with Gasteiger partial charge in [0.2, 0.25) is 0 Å². The lowest BCUT2D eigenvalue weighted by Gasteiger charge is -2.30. The SMILES string of the molecule is Cc1cc2c(cc1C#N)c(-c1cncc(N)c1Cl)cn2C1CCN(C)CC1. The summed E-state index contributed by atoms with van der Waals surface area (Å²) in [6, 6.07) is 6.80. The van der Waals surface area contributed by atoms with Crippen LogP contribution >= 0.6 is 11.6 Å². The van der Waals surface area contributed by atoms with Crippen LogP contribution in [0.5, 0.6) is 0 Å². The van der Waals surface area contributed by atoms with Gasteiger partial charge in [0.15, 0.2) is 0 Å². The van der Waals surface area contributed by atoms with E-state index in [9.17, 15) is 5.26 Å². The van der Waals surface area contributed by atoms with E-state index in [0.29, 0.717) is 22.3 Å². The van der Waals surface area contributed by atoms with Gasteiger partial charge in [-0.1, -0.05) is 11.6 Å². The molecule has 0 bridgehead atoms. The highest BCUT2D eigenvalue weighted by atomic mass is 35.5. The average molecular weight is 380 g/mol. The van der Waals surface area contributed by atoms with Crippen molar-refractivity contribution in [3.63, 3.8) is 0 Å². The molecule has 2 aromatic heterocycles. The second-order valence-electron chi connectivity index (χ2n) is 7.37. The number of hydrogen-bond donors (Lipinski definition) is 1. The molecule has 3 aromatic rings. The van der Waals surface area contributed by atoms with Crippen LogP contribution in [-0.4, -0.2) is 34.6 Å². The van der Waals surface area contributed by atoms with Crippen molar-refractivity contribution in [2.75, 3.05) is 25.9 Å². The Bertz CT molecular complexity index is 1050. The fourth-order valence-electron chi connectivity index (χ4n) is 3.96. The Hall–Kier alpha value is -2.55. The first-order chi connectivity index (χ1) is 13.0. The summed E-state index contributed by atoms with van der Waals surface area (Å²) < 4.78 is 2.35. The number of hydrogen-bond acceptors (Lipinski definition) is 4. The molecule has 5 nitrogen and oxygen atoms in total. The number of nitrogens with zero attached hydrogens (tertiary/aromatic N) is 4. The number of rotatable bonds is 2. The molecule has 1 fully saturated rings. The van der Waals surface area contributed by atoms with E-state index in [1.807, 2.05) is 13.0 Å². The summed E-state index contributed by atoms with van der Waals surface area (Å²) in [6.45, 7) is 4.14. The number of halogens is 1. The van der Waals surface area contributed by atoms with Gasteiger partial charge in [-0.2, -0.15) is 5.26 Å². The molecule has 0 amide bonds. The molecule has 4 rings (SSSR count). The summed E-state index contributed by atoms with van der Waals surface area (Å²) in [5.74, 6) is 0. The molecular weight excluding hydrogens is 358 g/mol. The molecule has 0 saturated carbocycles. The maximum atomic E-state index is 9.50. The van der Waals surface area contributed by atoms with Crippen LogP contribution in [-0.2, 0) is 0 Å².